The number of aliphatic hydroxyl groups excluding tert-OH is 1. The summed E-state index contributed by atoms with van der Waals surface area (Å²) in [5.41, 5.74) is 0.792. The average molecular weight is 340 g/mol. The molecule has 3 rings (SSSR count). The number of carbonyl (C=O) groups excluding carboxylic acids is 1. The summed E-state index contributed by atoms with van der Waals surface area (Å²) in [4.78, 5) is 13.1. The third-order valence-corrected chi connectivity index (χ3v) is 4.99. The van der Waals surface area contributed by atoms with Crippen molar-refractivity contribution in [1.29, 1.82) is 0 Å². The number of hydrogen-bond acceptors (Lipinski definition) is 3. The van der Waals surface area contributed by atoms with Crippen LogP contribution in [0.1, 0.15) is 29.5 Å². The number of urea groups is 1. The van der Waals surface area contributed by atoms with Crippen LogP contribution in [0.2, 0.25) is 0 Å². The number of benzene rings is 2. The maximum atomic E-state index is 12.0. The highest BCUT2D eigenvalue weighted by atomic mass is 32.1. The quantitative estimate of drug-likeness (QED) is 0.657. The van der Waals surface area contributed by atoms with E-state index in [2.05, 4.69) is 10.6 Å². The number of nitrogens with one attached hydrogen (secondary N) is 2. The van der Waals surface area contributed by atoms with Gasteiger partial charge in [0, 0.05) is 11.4 Å². The molecule has 0 aliphatic heterocycles. The van der Waals surface area contributed by atoms with E-state index in [4.69, 9.17) is 0 Å². The van der Waals surface area contributed by atoms with Crippen LogP contribution >= 0.6 is 11.3 Å². The summed E-state index contributed by atoms with van der Waals surface area (Å²) < 4.78 is 0. The van der Waals surface area contributed by atoms with Crippen molar-refractivity contribution in [2.24, 2.45) is 0 Å². The van der Waals surface area contributed by atoms with E-state index in [9.17, 15) is 9.90 Å². The fourth-order valence-electron chi connectivity index (χ4n) is 2.58. The van der Waals surface area contributed by atoms with Gasteiger partial charge < -0.3 is 15.7 Å². The first-order valence-corrected chi connectivity index (χ1v) is 8.76. The van der Waals surface area contributed by atoms with E-state index in [1.54, 1.807) is 11.3 Å². The van der Waals surface area contributed by atoms with Gasteiger partial charge >= 0.3 is 6.03 Å². The molecule has 0 fully saturated rings. The van der Waals surface area contributed by atoms with Crippen molar-refractivity contribution >= 4 is 28.1 Å². The summed E-state index contributed by atoms with van der Waals surface area (Å²) in [6, 6.07) is 17.4. The molecule has 0 radical (unpaired) electrons. The van der Waals surface area contributed by atoms with Crippen LogP contribution in [0.15, 0.2) is 60.0 Å². The number of amides is 2. The summed E-state index contributed by atoms with van der Waals surface area (Å²) in [6.07, 6.45) is -0.739. The molecule has 5 heteroatoms. The highest BCUT2D eigenvalue weighted by Crippen LogP contribution is 2.20. The Labute approximate surface area is 145 Å². The molecule has 0 saturated heterocycles. The monoisotopic (exact) mass is 340 g/mol. The highest BCUT2D eigenvalue weighted by molar-refractivity contribution is 7.10. The second-order valence-electron chi connectivity index (χ2n) is 5.71. The van der Waals surface area contributed by atoms with Crippen molar-refractivity contribution in [3.8, 4) is 0 Å². The summed E-state index contributed by atoms with van der Waals surface area (Å²) in [7, 11) is 0. The van der Waals surface area contributed by atoms with Gasteiger partial charge in [-0.3, -0.25) is 0 Å². The highest BCUT2D eigenvalue weighted by Gasteiger charge is 2.13. The zero-order chi connectivity index (χ0) is 16.9. The standard InChI is InChI=1S/C19H20N2O2S/c1-13(18-7-4-10-24-18)21-19(23)20-12-17(22)16-9-8-14-5-2-3-6-15(14)11-16/h2-11,13,17,22H,12H2,1H3,(H2,20,21,23)/t13-,17?/m0/s1. The van der Waals surface area contributed by atoms with Gasteiger partial charge in [0.05, 0.1) is 12.1 Å². The normalized spacial score (nSPS) is 13.4. The molecule has 0 aliphatic carbocycles. The Morgan fingerprint density at radius 3 is 2.67 bits per heavy atom. The smallest absolute Gasteiger partial charge is 0.315 e. The Morgan fingerprint density at radius 2 is 1.92 bits per heavy atom. The van der Waals surface area contributed by atoms with Crippen LogP contribution in [0.3, 0.4) is 0 Å². The molecule has 124 valence electrons. The van der Waals surface area contributed by atoms with Crippen molar-refractivity contribution in [2.75, 3.05) is 6.54 Å². The molecule has 1 unspecified atom stereocenters. The lowest BCUT2D eigenvalue weighted by Gasteiger charge is -2.16. The predicted molar refractivity (Wildman–Crippen MR) is 98.2 cm³/mol. The maximum absolute atomic E-state index is 12.0. The van der Waals surface area contributed by atoms with Crippen LogP contribution in [0.25, 0.3) is 10.8 Å². The first-order chi connectivity index (χ1) is 11.6. The lowest BCUT2D eigenvalue weighted by atomic mass is 10.0. The number of thiophene rings is 1. The zero-order valence-electron chi connectivity index (χ0n) is 13.4. The molecule has 1 heterocycles. The maximum Gasteiger partial charge on any atom is 0.315 e. The number of aliphatic hydroxyl groups is 1. The van der Waals surface area contributed by atoms with Crippen LogP contribution in [-0.2, 0) is 0 Å². The van der Waals surface area contributed by atoms with Gasteiger partial charge in [0.1, 0.15) is 0 Å². The van der Waals surface area contributed by atoms with Crippen LogP contribution in [0.5, 0.6) is 0 Å². The first-order valence-electron chi connectivity index (χ1n) is 7.88. The first kappa shape index (κ1) is 16.5. The predicted octanol–water partition coefficient (Wildman–Crippen LogP) is 4.00. The molecule has 0 bridgehead atoms. The van der Waals surface area contributed by atoms with Crippen LogP contribution in [-0.4, -0.2) is 17.7 Å². The molecule has 24 heavy (non-hydrogen) atoms. The van der Waals surface area contributed by atoms with E-state index in [-0.39, 0.29) is 18.6 Å². The van der Waals surface area contributed by atoms with Gasteiger partial charge in [0.15, 0.2) is 0 Å². The number of carbonyl (C=O) groups is 1. The van der Waals surface area contributed by atoms with Gasteiger partial charge in [-0.15, -0.1) is 11.3 Å². The van der Waals surface area contributed by atoms with Gasteiger partial charge in [0.25, 0.3) is 0 Å². The van der Waals surface area contributed by atoms with Crippen molar-refractivity contribution in [1.82, 2.24) is 10.6 Å². The summed E-state index contributed by atoms with van der Waals surface area (Å²) in [5.74, 6) is 0. The number of rotatable bonds is 5. The Hall–Kier alpha value is -2.37. The second kappa shape index (κ2) is 7.47. The third-order valence-electron chi connectivity index (χ3n) is 3.93. The van der Waals surface area contributed by atoms with Crippen LogP contribution < -0.4 is 10.6 Å². The fraction of sp³-hybridized carbons (Fsp3) is 0.211. The second-order valence-corrected chi connectivity index (χ2v) is 6.69. The minimum atomic E-state index is -0.739. The summed E-state index contributed by atoms with van der Waals surface area (Å²) in [6.45, 7) is 2.10. The molecule has 3 aromatic rings. The SMILES string of the molecule is C[C@H](NC(=O)NCC(O)c1ccc2ccccc2c1)c1cccs1. The molecule has 3 N–H and O–H groups in total. The molecule has 4 nitrogen and oxygen atoms in total. The molecular formula is C19H20N2O2S. The van der Waals surface area contributed by atoms with Crippen LogP contribution in [0.4, 0.5) is 4.79 Å². The molecule has 1 aromatic heterocycles. The molecule has 2 amide bonds. The summed E-state index contributed by atoms with van der Waals surface area (Å²) >= 11 is 1.60. The van der Waals surface area contributed by atoms with Crippen molar-refractivity contribution < 1.29 is 9.90 Å². The van der Waals surface area contributed by atoms with Gasteiger partial charge in [-0.05, 0) is 40.8 Å². The van der Waals surface area contributed by atoms with E-state index in [1.807, 2.05) is 66.9 Å². The Balaban J connectivity index is 1.56. The van der Waals surface area contributed by atoms with Crippen molar-refractivity contribution in [3.63, 3.8) is 0 Å². The average Bonchev–Trinajstić information content (AvgIpc) is 3.14. The lowest BCUT2D eigenvalue weighted by Crippen LogP contribution is -2.38. The molecule has 0 spiro atoms. The Morgan fingerprint density at radius 1 is 1.12 bits per heavy atom. The fourth-order valence-corrected chi connectivity index (χ4v) is 3.31. The topological polar surface area (TPSA) is 61.4 Å². The lowest BCUT2D eigenvalue weighted by molar-refractivity contribution is 0.173. The third kappa shape index (κ3) is 3.93. The van der Waals surface area contributed by atoms with Gasteiger partial charge in [0.2, 0.25) is 0 Å². The molecule has 2 atom stereocenters. The zero-order valence-corrected chi connectivity index (χ0v) is 14.2. The van der Waals surface area contributed by atoms with E-state index in [0.29, 0.717) is 0 Å². The van der Waals surface area contributed by atoms with Crippen LogP contribution in [0, 0.1) is 0 Å². The molecule has 0 aliphatic rings. The molecule has 0 saturated carbocycles. The Bertz CT molecular complexity index is 817. The number of hydrogen-bond donors (Lipinski definition) is 3. The number of fused-ring (bicyclic) bond motifs is 1. The largest absolute Gasteiger partial charge is 0.387 e. The Kier molecular flexibility index (Phi) is 5.13. The molecular weight excluding hydrogens is 320 g/mol. The van der Waals surface area contributed by atoms with Crippen molar-refractivity contribution in [3.05, 3.63) is 70.4 Å². The van der Waals surface area contributed by atoms with E-state index in [1.165, 1.54) is 0 Å². The van der Waals surface area contributed by atoms with Gasteiger partial charge in [-0.2, -0.15) is 0 Å². The van der Waals surface area contributed by atoms with Gasteiger partial charge in [-0.1, -0.05) is 42.5 Å². The minimum absolute atomic E-state index is 0.0530. The van der Waals surface area contributed by atoms with E-state index in [0.717, 1.165) is 21.2 Å². The minimum Gasteiger partial charge on any atom is -0.387 e. The summed E-state index contributed by atoms with van der Waals surface area (Å²) in [5, 5.41) is 20.1. The van der Waals surface area contributed by atoms with Crippen molar-refractivity contribution in [2.45, 2.75) is 19.1 Å². The molecule has 2 aromatic carbocycles. The van der Waals surface area contributed by atoms with E-state index >= 15 is 0 Å². The van der Waals surface area contributed by atoms with Gasteiger partial charge in [-0.25, -0.2) is 4.79 Å². The van der Waals surface area contributed by atoms with E-state index < -0.39 is 6.10 Å².